The number of amides is 2. The maximum atomic E-state index is 12.1. The SMILES string of the molecule is Cc1cc(CN2C(=O)CNC(=O)C2C2CC2)n(C)n1. The van der Waals surface area contributed by atoms with Crippen molar-refractivity contribution in [3.63, 3.8) is 0 Å². The monoisotopic (exact) mass is 262 g/mol. The van der Waals surface area contributed by atoms with Gasteiger partial charge in [-0.1, -0.05) is 0 Å². The third-order valence-electron chi connectivity index (χ3n) is 3.84. The molecule has 0 bridgehead atoms. The van der Waals surface area contributed by atoms with Gasteiger partial charge in [0.05, 0.1) is 24.5 Å². The maximum Gasteiger partial charge on any atom is 0.243 e. The molecule has 19 heavy (non-hydrogen) atoms. The van der Waals surface area contributed by atoms with Gasteiger partial charge in [0.1, 0.15) is 6.04 Å². The molecule has 2 heterocycles. The lowest BCUT2D eigenvalue weighted by Gasteiger charge is -2.35. The molecule has 0 aromatic carbocycles. The van der Waals surface area contributed by atoms with E-state index >= 15 is 0 Å². The van der Waals surface area contributed by atoms with Gasteiger partial charge in [0, 0.05) is 7.05 Å². The standard InChI is InChI=1S/C13H18N4O2/c1-8-5-10(16(2)15-8)7-17-11(18)6-14-13(19)12(17)9-3-4-9/h5,9,12H,3-4,6-7H2,1-2H3,(H,14,19). The molecule has 2 fully saturated rings. The van der Waals surface area contributed by atoms with Crippen LogP contribution in [0.15, 0.2) is 6.07 Å². The smallest absolute Gasteiger partial charge is 0.243 e. The molecular weight excluding hydrogens is 244 g/mol. The van der Waals surface area contributed by atoms with Crippen LogP contribution >= 0.6 is 0 Å². The quantitative estimate of drug-likeness (QED) is 0.831. The molecule has 1 saturated heterocycles. The first-order valence-electron chi connectivity index (χ1n) is 6.63. The van der Waals surface area contributed by atoms with Gasteiger partial charge in [0.2, 0.25) is 11.8 Å². The van der Waals surface area contributed by atoms with Crippen molar-refractivity contribution in [3.8, 4) is 0 Å². The second-order valence-electron chi connectivity index (χ2n) is 5.42. The minimum absolute atomic E-state index is 0.00430. The lowest BCUT2D eigenvalue weighted by atomic mass is 10.1. The van der Waals surface area contributed by atoms with Crippen LogP contribution in [0, 0.1) is 12.8 Å². The molecule has 1 aliphatic heterocycles. The van der Waals surface area contributed by atoms with E-state index in [4.69, 9.17) is 0 Å². The van der Waals surface area contributed by atoms with Crippen LogP contribution < -0.4 is 5.32 Å². The number of aryl methyl sites for hydroxylation is 2. The van der Waals surface area contributed by atoms with E-state index in [0.29, 0.717) is 12.5 Å². The molecule has 0 spiro atoms. The van der Waals surface area contributed by atoms with Crippen LogP contribution in [0.2, 0.25) is 0 Å². The minimum atomic E-state index is -0.295. The summed E-state index contributed by atoms with van der Waals surface area (Å²) < 4.78 is 1.78. The van der Waals surface area contributed by atoms with Crippen LogP contribution in [0.1, 0.15) is 24.2 Å². The van der Waals surface area contributed by atoms with Crippen LogP contribution in [0.4, 0.5) is 0 Å². The molecule has 6 heteroatoms. The van der Waals surface area contributed by atoms with E-state index in [2.05, 4.69) is 10.4 Å². The van der Waals surface area contributed by atoms with Crippen LogP contribution in [0.5, 0.6) is 0 Å². The molecule has 1 unspecified atom stereocenters. The Morgan fingerprint density at radius 3 is 2.74 bits per heavy atom. The van der Waals surface area contributed by atoms with E-state index in [1.54, 1.807) is 9.58 Å². The summed E-state index contributed by atoms with van der Waals surface area (Å²) >= 11 is 0. The number of carbonyl (C=O) groups is 2. The fraction of sp³-hybridized carbons (Fsp3) is 0.615. The number of carbonyl (C=O) groups excluding carboxylic acids is 2. The van der Waals surface area contributed by atoms with E-state index in [-0.39, 0.29) is 24.4 Å². The summed E-state index contributed by atoms with van der Waals surface area (Å²) in [6.07, 6.45) is 2.07. The highest BCUT2D eigenvalue weighted by atomic mass is 16.2. The van der Waals surface area contributed by atoms with E-state index in [1.165, 1.54) is 0 Å². The molecule has 1 aromatic heterocycles. The highest BCUT2D eigenvalue weighted by Gasteiger charge is 2.44. The molecule has 1 aliphatic carbocycles. The third-order valence-corrected chi connectivity index (χ3v) is 3.84. The lowest BCUT2D eigenvalue weighted by molar-refractivity contribution is -0.147. The van der Waals surface area contributed by atoms with Gasteiger partial charge in [-0.2, -0.15) is 5.10 Å². The molecule has 2 amide bonds. The van der Waals surface area contributed by atoms with Crippen molar-refractivity contribution in [1.82, 2.24) is 20.0 Å². The Kier molecular flexibility index (Phi) is 2.80. The second-order valence-corrected chi connectivity index (χ2v) is 5.42. The fourth-order valence-corrected chi connectivity index (χ4v) is 2.72. The predicted octanol–water partition coefficient (Wildman–Crippen LogP) is -0.0345. The molecule has 1 N–H and O–H groups in total. The number of nitrogens with one attached hydrogen (secondary N) is 1. The first kappa shape index (κ1) is 12.2. The Balaban J connectivity index is 1.85. The Morgan fingerprint density at radius 2 is 2.16 bits per heavy atom. The van der Waals surface area contributed by atoms with Gasteiger partial charge in [-0.15, -0.1) is 0 Å². The van der Waals surface area contributed by atoms with E-state index in [1.807, 2.05) is 20.0 Å². The van der Waals surface area contributed by atoms with Gasteiger partial charge in [0.15, 0.2) is 0 Å². The largest absolute Gasteiger partial charge is 0.345 e. The Morgan fingerprint density at radius 1 is 1.42 bits per heavy atom. The second kappa shape index (κ2) is 4.36. The van der Waals surface area contributed by atoms with Crippen molar-refractivity contribution in [1.29, 1.82) is 0 Å². The molecule has 3 rings (SSSR count). The normalized spacial score (nSPS) is 23.7. The van der Waals surface area contributed by atoms with E-state index in [9.17, 15) is 9.59 Å². The van der Waals surface area contributed by atoms with Gasteiger partial charge in [0.25, 0.3) is 0 Å². The number of piperazine rings is 1. The average molecular weight is 262 g/mol. The topological polar surface area (TPSA) is 67.2 Å². The van der Waals surface area contributed by atoms with Crippen LogP contribution in [0.25, 0.3) is 0 Å². The zero-order valence-corrected chi connectivity index (χ0v) is 11.2. The zero-order chi connectivity index (χ0) is 13.6. The van der Waals surface area contributed by atoms with Crippen molar-refractivity contribution < 1.29 is 9.59 Å². The Labute approximate surface area is 111 Å². The molecule has 2 aliphatic rings. The van der Waals surface area contributed by atoms with Crippen LogP contribution in [-0.4, -0.2) is 39.1 Å². The van der Waals surface area contributed by atoms with Crippen molar-refractivity contribution in [2.75, 3.05) is 6.54 Å². The Bertz CT molecular complexity index is 533. The summed E-state index contributed by atoms with van der Waals surface area (Å²) in [6.45, 7) is 2.50. The highest BCUT2D eigenvalue weighted by molar-refractivity contribution is 5.95. The Hall–Kier alpha value is -1.85. The van der Waals surface area contributed by atoms with Gasteiger partial charge in [-0.25, -0.2) is 0 Å². The van der Waals surface area contributed by atoms with Crippen molar-refractivity contribution in [2.45, 2.75) is 32.4 Å². The van der Waals surface area contributed by atoms with E-state index < -0.39 is 0 Å². The number of hydrogen-bond donors (Lipinski definition) is 1. The summed E-state index contributed by atoms with van der Waals surface area (Å²) in [4.78, 5) is 25.8. The molecule has 102 valence electrons. The number of nitrogens with zero attached hydrogens (tertiary/aromatic N) is 3. The minimum Gasteiger partial charge on any atom is -0.345 e. The van der Waals surface area contributed by atoms with Gasteiger partial charge >= 0.3 is 0 Å². The molecule has 1 saturated carbocycles. The summed E-state index contributed by atoms with van der Waals surface area (Å²) in [6, 6.07) is 1.67. The first-order valence-corrected chi connectivity index (χ1v) is 6.63. The van der Waals surface area contributed by atoms with Gasteiger partial charge < -0.3 is 10.2 Å². The molecule has 1 atom stereocenters. The molecule has 0 radical (unpaired) electrons. The molecule has 1 aromatic rings. The molecular formula is C13H18N4O2. The zero-order valence-electron chi connectivity index (χ0n) is 11.2. The van der Waals surface area contributed by atoms with Crippen molar-refractivity contribution in [2.24, 2.45) is 13.0 Å². The lowest BCUT2D eigenvalue weighted by Crippen LogP contribution is -2.58. The average Bonchev–Trinajstić information content (AvgIpc) is 3.12. The van der Waals surface area contributed by atoms with Crippen molar-refractivity contribution in [3.05, 3.63) is 17.5 Å². The summed E-state index contributed by atoms with van der Waals surface area (Å²) in [7, 11) is 1.86. The number of aromatic nitrogens is 2. The summed E-state index contributed by atoms with van der Waals surface area (Å²) in [5.41, 5.74) is 1.89. The number of hydrogen-bond acceptors (Lipinski definition) is 3. The van der Waals surface area contributed by atoms with Crippen LogP contribution in [0.3, 0.4) is 0 Å². The summed E-state index contributed by atoms with van der Waals surface area (Å²) in [5.74, 6) is 0.315. The fourth-order valence-electron chi connectivity index (χ4n) is 2.72. The summed E-state index contributed by atoms with van der Waals surface area (Å²) in [5, 5.41) is 6.97. The van der Waals surface area contributed by atoms with Gasteiger partial charge in [-0.3, -0.25) is 14.3 Å². The predicted molar refractivity (Wildman–Crippen MR) is 68.0 cm³/mol. The third kappa shape index (κ3) is 2.22. The van der Waals surface area contributed by atoms with Crippen molar-refractivity contribution >= 4 is 11.8 Å². The maximum absolute atomic E-state index is 12.1. The first-order chi connectivity index (χ1) is 9.06. The number of rotatable bonds is 3. The molecule has 6 nitrogen and oxygen atoms in total. The van der Waals surface area contributed by atoms with E-state index in [0.717, 1.165) is 24.2 Å². The van der Waals surface area contributed by atoms with Crippen LogP contribution in [-0.2, 0) is 23.2 Å². The highest BCUT2D eigenvalue weighted by Crippen LogP contribution is 2.37. The van der Waals surface area contributed by atoms with Gasteiger partial charge in [-0.05, 0) is 31.7 Å².